The highest BCUT2D eigenvalue weighted by atomic mass is 16.5. The molecular weight excluding hydrogens is 374 g/mol. The number of unbranched alkanes of at least 4 members (excludes halogenated alkanes) is 1. The first-order valence-electron chi connectivity index (χ1n) is 9.46. The number of rotatable bonds is 7. The fourth-order valence-corrected chi connectivity index (χ4v) is 3.07. The Balaban J connectivity index is 1.89. The van der Waals surface area contributed by atoms with Crippen molar-refractivity contribution in [2.24, 2.45) is 7.05 Å². The highest BCUT2D eigenvalue weighted by Crippen LogP contribution is 2.16. The molecule has 3 aromatic rings. The number of aryl methyl sites for hydroxylation is 2. The van der Waals surface area contributed by atoms with Crippen LogP contribution in [0, 0.1) is 0 Å². The van der Waals surface area contributed by atoms with Crippen molar-refractivity contribution < 1.29 is 9.53 Å². The molecular formula is C20H25N5O4. The Morgan fingerprint density at radius 3 is 2.72 bits per heavy atom. The lowest BCUT2D eigenvalue weighted by Crippen LogP contribution is -2.31. The number of nitrogens with zero attached hydrogens (tertiary/aromatic N) is 4. The van der Waals surface area contributed by atoms with E-state index in [-0.39, 0.29) is 12.1 Å². The maximum Gasteiger partial charge on any atom is 0.338 e. The Morgan fingerprint density at radius 2 is 2.03 bits per heavy atom. The fraction of sp³-hybridized carbons (Fsp3) is 0.400. The molecule has 0 saturated carbocycles. The van der Waals surface area contributed by atoms with Gasteiger partial charge in [-0.05, 0) is 24.6 Å². The smallest absolute Gasteiger partial charge is 0.338 e. The maximum atomic E-state index is 12.4. The van der Waals surface area contributed by atoms with Crippen LogP contribution < -0.4 is 16.1 Å². The van der Waals surface area contributed by atoms with Crippen molar-refractivity contribution in [3.05, 3.63) is 56.5 Å². The fourth-order valence-electron chi connectivity index (χ4n) is 3.07. The Bertz CT molecular complexity index is 1160. The first kappa shape index (κ1) is 20.4. The number of ether oxygens (including phenoxy) is 1. The molecule has 154 valence electrons. The number of aromatic amines is 1. The molecule has 0 radical (unpaired) electrons. The molecule has 0 aliphatic heterocycles. The molecule has 0 amide bonds. The molecule has 0 atom stereocenters. The SMILES string of the molecule is CCCCn1c(=O)[nH]c(=O)c2c1nc(COC(=O)c1cccc(N(C)C)c1)n2C. The predicted octanol–water partition coefficient (Wildman–Crippen LogP) is 1.65. The lowest BCUT2D eigenvalue weighted by atomic mass is 10.2. The number of H-pyrrole nitrogens is 1. The monoisotopic (exact) mass is 399 g/mol. The summed E-state index contributed by atoms with van der Waals surface area (Å²) in [7, 11) is 5.44. The summed E-state index contributed by atoms with van der Waals surface area (Å²) in [5.74, 6) is -0.100. The minimum Gasteiger partial charge on any atom is -0.454 e. The zero-order valence-electron chi connectivity index (χ0n) is 17.1. The van der Waals surface area contributed by atoms with Gasteiger partial charge in [0.2, 0.25) is 0 Å². The maximum absolute atomic E-state index is 12.4. The minimum atomic E-state index is -0.510. The standard InChI is InChI=1S/C20H25N5O4/c1-5-6-10-25-17-16(18(26)22-20(25)28)24(4)15(21-17)12-29-19(27)13-8-7-9-14(11-13)23(2)3/h7-9,11H,5-6,10,12H2,1-4H3,(H,22,26,28). The van der Waals surface area contributed by atoms with Gasteiger partial charge >= 0.3 is 11.7 Å². The number of hydrogen-bond donors (Lipinski definition) is 1. The van der Waals surface area contributed by atoms with Gasteiger partial charge in [-0.2, -0.15) is 0 Å². The van der Waals surface area contributed by atoms with Gasteiger partial charge in [0, 0.05) is 33.4 Å². The quantitative estimate of drug-likeness (QED) is 0.606. The number of benzene rings is 1. The number of fused-ring (bicyclic) bond motifs is 1. The molecule has 0 aliphatic carbocycles. The molecule has 0 saturated heterocycles. The number of carbonyl (C=O) groups is 1. The number of hydrogen-bond acceptors (Lipinski definition) is 6. The van der Waals surface area contributed by atoms with Crippen LogP contribution in [0.4, 0.5) is 5.69 Å². The third kappa shape index (κ3) is 4.08. The first-order chi connectivity index (χ1) is 13.8. The normalized spacial score (nSPS) is 11.0. The zero-order chi connectivity index (χ0) is 21.1. The van der Waals surface area contributed by atoms with Crippen LogP contribution in [0.2, 0.25) is 0 Å². The molecule has 2 heterocycles. The number of nitrogens with one attached hydrogen (secondary N) is 1. The van der Waals surface area contributed by atoms with Gasteiger partial charge in [-0.25, -0.2) is 14.6 Å². The Labute approximate surface area is 167 Å². The van der Waals surface area contributed by atoms with E-state index in [1.165, 1.54) is 4.57 Å². The molecule has 0 spiro atoms. The van der Waals surface area contributed by atoms with Crippen LogP contribution in [-0.2, 0) is 24.9 Å². The third-order valence-electron chi connectivity index (χ3n) is 4.77. The number of anilines is 1. The van der Waals surface area contributed by atoms with Crippen molar-refractivity contribution in [1.29, 1.82) is 0 Å². The highest BCUT2D eigenvalue weighted by molar-refractivity contribution is 5.90. The number of imidazole rings is 1. The lowest BCUT2D eigenvalue weighted by molar-refractivity contribution is 0.0459. The molecule has 29 heavy (non-hydrogen) atoms. The Kier molecular flexibility index (Phi) is 5.86. The van der Waals surface area contributed by atoms with E-state index < -0.39 is 17.2 Å². The second kappa shape index (κ2) is 8.34. The summed E-state index contributed by atoms with van der Waals surface area (Å²) in [5, 5.41) is 0. The number of carbonyl (C=O) groups excluding carboxylic acids is 1. The Hall–Kier alpha value is -3.36. The van der Waals surface area contributed by atoms with E-state index in [0.717, 1.165) is 18.5 Å². The van der Waals surface area contributed by atoms with Crippen LogP contribution >= 0.6 is 0 Å². The molecule has 0 aliphatic rings. The van der Waals surface area contributed by atoms with Crippen LogP contribution in [0.5, 0.6) is 0 Å². The Morgan fingerprint density at radius 1 is 1.28 bits per heavy atom. The summed E-state index contributed by atoms with van der Waals surface area (Å²) < 4.78 is 8.42. The molecule has 0 unspecified atom stereocenters. The van der Waals surface area contributed by atoms with Gasteiger partial charge in [0.25, 0.3) is 5.56 Å². The van der Waals surface area contributed by atoms with Crippen molar-refractivity contribution in [3.63, 3.8) is 0 Å². The van der Waals surface area contributed by atoms with Crippen LogP contribution in [0.15, 0.2) is 33.9 Å². The average molecular weight is 399 g/mol. The van der Waals surface area contributed by atoms with E-state index >= 15 is 0 Å². The summed E-state index contributed by atoms with van der Waals surface area (Å²) in [4.78, 5) is 45.6. The van der Waals surface area contributed by atoms with Crippen LogP contribution in [0.25, 0.3) is 11.2 Å². The minimum absolute atomic E-state index is 0.113. The summed E-state index contributed by atoms with van der Waals surface area (Å²) in [6.07, 6.45) is 1.68. The largest absolute Gasteiger partial charge is 0.454 e. The average Bonchev–Trinajstić information content (AvgIpc) is 3.02. The van der Waals surface area contributed by atoms with Gasteiger partial charge in [-0.15, -0.1) is 0 Å². The third-order valence-corrected chi connectivity index (χ3v) is 4.77. The topological polar surface area (TPSA) is 102 Å². The van der Waals surface area contributed by atoms with Crippen molar-refractivity contribution in [1.82, 2.24) is 19.1 Å². The molecule has 1 N–H and O–H groups in total. The van der Waals surface area contributed by atoms with Crippen LogP contribution in [-0.4, -0.2) is 39.2 Å². The summed E-state index contributed by atoms with van der Waals surface area (Å²) in [6, 6.07) is 7.10. The highest BCUT2D eigenvalue weighted by Gasteiger charge is 2.18. The van der Waals surface area contributed by atoms with E-state index in [9.17, 15) is 14.4 Å². The van der Waals surface area contributed by atoms with E-state index in [0.29, 0.717) is 23.6 Å². The van der Waals surface area contributed by atoms with E-state index in [2.05, 4.69) is 9.97 Å². The van der Waals surface area contributed by atoms with Gasteiger partial charge in [0.1, 0.15) is 12.4 Å². The van der Waals surface area contributed by atoms with Gasteiger partial charge in [-0.1, -0.05) is 19.4 Å². The molecule has 0 fully saturated rings. The molecule has 9 nitrogen and oxygen atoms in total. The van der Waals surface area contributed by atoms with Gasteiger partial charge in [0.05, 0.1) is 5.56 Å². The number of aromatic nitrogens is 4. The van der Waals surface area contributed by atoms with Crippen molar-refractivity contribution >= 4 is 22.8 Å². The molecule has 2 aromatic heterocycles. The van der Waals surface area contributed by atoms with Gasteiger partial charge < -0.3 is 14.2 Å². The summed E-state index contributed by atoms with van der Waals surface area (Å²) >= 11 is 0. The molecule has 3 rings (SSSR count). The van der Waals surface area contributed by atoms with Crippen molar-refractivity contribution in [2.45, 2.75) is 32.9 Å². The van der Waals surface area contributed by atoms with Gasteiger partial charge in [-0.3, -0.25) is 14.3 Å². The van der Waals surface area contributed by atoms with Crippen LogP contribution in [0.3, 0.4) is 0 Å². The first-order valence-corrected chi connectivity index (χ1v) is 9.46. The zero-order valence-corrected chi connectivity index (χ0v) is 17.1. The van der Waals surface area contributed by atoms with E-state index in [4.69, 9.17) is 4.74 Å². The van der Waals surface area contributed by atoms with Gasteiger partial charge in [0.15, 0.2) is 11.2 Å². The second-order valence-electron chi connectivity index (χ2n) is 7.04. The lowest BCUT2D eigenvalue weighted by Gasteiger charge is -2.13. The molecule has 9 heteroatoms. The summed E-state index contributed by atoms with van der Waals surface area (Å²) in [5.41, 5.74) is 0.889. The van der Waals surface area contributed by atoms with Crippen molar-refractivity contribution in [2.75, 3.05) is 19.0 Å². The summed E-state index contributed by atoms with van der Waals surface area (Å²) in [6.45, 7) is 2.36. The molecule has 1 aromatic carbocycles. The van der Waals surface area contributed by atoms with Crippen LogP contribution in [0.1, 0.15) is 35.9 Å². The molecule has 0 bridgehead atoms. The van der Waals surface area contributed by atoms with E-state index in [1.54, 1.807) is 29.8 Å². The number of esters is 1. The van der Waals surface area contributed by atoms with Crippen molar-refractivity contribution in [3.8, 4) is 0 Å². The second-order valence-corrected chi connectivity index (χ2v) is 7.04. The predicted molar refractivity (Wildman–Crippen MR) is 110 cm³/mol. The van der Waals surface area contributed by atoms with E-state index in [1.807, 2.05) is 32.0 Å².